The molecular formula is C30H28F2N8O3S. The number of piperazine rings is 1. The lowest BCUT2D eigenvalue weighted by molar-refractivity contribution is -0.126. The van der Waals surface area contributed by atoms with Gasteiger partial charge < -0.3 is 15.1 Å². The molecule has 2 amide bonds. The van der Waals surface area contributed by atoms with Crippen molar-refractivity contribution in [1.29, 1.82) is 0 Å². The molecule has 0 saturated carbocycles. The van der Waals surface area contributed by atoms with Crippen molar-refractivity contribution in [3.05, 3.63) is 71.1 Å². The van der Waals surface area contributed by atoms with E-state index in [9.17, 15) is 14.4 Å². The first kappa shape index (κ1) is 29.4. The Morgan fingerprint density at radius 2 is 1.86 bits per heavy atom. The molecule has 2 aliphatic rings. The average molecular weight is 619 g/mol. The van der Waals surface area contributed by atoms with Gasteiger partial charge in [-0.3, -0.25) is 9.59 Å². The van der Waals surface area contributed by atoms with Crippen molar-refractivity contribution < 1.29 is 18.4 Å². The van der Waals surface area contributed by atoms with Crippen molar-refractivity contribution in [2.24, 2.45) is 0 Å². The number of carbonyl (C=O) groups is 2. The molecule has 1 fully saturated rings. The first-order valence-corrected chi connectivity index (χ1v) is 15.0. The number of amides is 2. The Hall–Kier alpha value is -4.72. The number of carbonyl (C=O) groups excluding carboxylic acids is 2. The van der Waals surface area contributed by atoms with Crippen LogP contribution in [0.4, 0.5) is 20.3 Å². The smallest absolute Gasteiger partial charge is 0.352 e. The standard InChI is InChI=1S/C30H28F2N8O3S/c1-4-22(42)38-9-11-39(12-10-38)27-17-14-19(32)25-23-18(31)6-5-7-20(23)35-21(41)8-13-44-29-26(24(16(2)3)33-15-34-29)40(28(17)36-25)30(43)37-27/h4-7,14-16H,1,8-13H2,2-3H3,(H,35,41). The second-order valence-electron chi connectivity index (χ2n) is 10.6. The second-order valence-corrected chi connectivity index (χ2v) is 11.7. The number of aromatic nitrogens is 5. The highest BCUT2D eigenvalue weighted by molar-refractivity contribution is 7.99. The quantitative estimate of drug-likeness (QED) is 0.269. The summed E-state index contributed by atoms with van der Waals surface area (Å²) in [5.41, 5.74) is -0.408. The summed E-state index contributed by atoms with van der Waals surface area (Å²) < 4.78 is 32.8. The molecular weight excluding hydrogens is 590 g/mol. The van der Waals surface area contributed by atoms with Crippen molar-refractivity contribution in [2.75, 3.05) is 42.1 Å². The van der Waals surface area contributed by atoms with Gasteiger partial charge in [0.1, 0.15) is 34.4 Å². The molecule has 2 aliphatic heterocycles. The zero-order valence-electron chi connectivity index (χ0n) is 24.0. The molecule has 44 heavy (non-hydrogen) atoms. The van der Waals surface area contributed by atoms with Crippen LogP contribution in [0.2, 0.25) is 0 Å². The molecule has 0 spiro atoms. The number of nitrogens with one attached hydrogen (secondary N) is 1. The van der Waals surface area contributed by atoms with E-state index in [0.29, 0.717) is 42.6 Å². The van der Waals surface area contributed by atoms with Crippen molar-refractivity contribution in [1.82, 2.24) is 29.4 Å². The largest absolute Gasteiger partial charge is 0.355 e. The number of rotatable bonds is 3. The van der Waals surface area contributed by atoms with Crippen LogP contribution in [-0.2, 0) is 9.59 Å². The van der Waals surface area contributed by atoms with Crippen molar-refractivity contribution >= 4 is 46.1 Å². The van der Waals surface area contributed by atoms with Gasteiger partial charge >= 0.3 is 5.69 Å². The molecule has 2 bridgehead atoms. The van der Waals surface area contributed by atoms with E-state index in [0.717, 1.165) is 6.07 Å². The number of anilines is 2. The summed E-state index contributed by atoms with van der Waals surface area (Å²) in [5.74, 6) is -1.97. The molecule has 226 valence electrons. The third kappa shape index (κ3) is 5.19. The second kappa shape index (κ2) is 11.8. The van der Waals surface area contributed by atoms with E-state index in [1.54, 1.807) is 9.80 Å². The van der Waals surface area contributed by atoms with Gasteiger partial charge in [0.05, 0.1) is 22.3 Å². The molecule has 3 aromatic heterocycles. The Labute approximate surface area is 255 Å². The third-order valence-corrected chi connectivity index (χ3v) is 8.53. The van der Waals surface area contributed by atoms with Gasteiger partial charge in [-0.05, 0) is 30.2 Å². The summed E-state index contributed by atoms with van der Waals surface area (Å²) in [6.07, 6.45) is 2.67. The lowest BCUT2D eigenvalue weighted by Gasteiger charge is -2.35. The summed E-state index contributed by atoms with van der Waals surface area (Å²) in [6.45, 7) is 8.69. The Morgan fingerprint density at radius 3 is 2.59 bits per heavy atom. The molecule has 0 radical (unpaired) electrons. The first-order valence-electron chi connectivity index (χ1n) is 14.0. The van der Waals surface area contributed by atoms with Gasteiger partial charge in [0.15, 0.2) is 11.5 Å². The van der Waals surface area contributed by atoms with Gasteiger partial charge in [0, 0.05) is 38.4 Å². The highest BCUT2D eigenvalue weighted by Gasteiger charge is 2.29. The van der Waals surface area contributed by atoms with Crippen molar-refractivity contribution in [3.63, 3.8) is 0 Å². The minimum absolute atomic E-state index is 0.0272. The summed E-state index contributed by atoms with van der Waals surface area (Å²) >= 11 is 1.26. The van der Waals surface area contributed by atoms with Crippen LogP contribution in [0.5, 0.6) is 0 Å². The number of fused-ring (bicyclic) bond motifs is 5. The van der Waals surface area contributed by atoms with Gasteiger partial charge in [-0.2, -0.15) is 4.98 Å². The number of halogens is 2. The molecule has 11 nitrogen and oxygen atoms in total. The fourth-order valence-electron chi connectivity index (χ4n) is 5.43. The number of pyridine rings is 1. The van der Waals surface area contributed by atoms with E-state index in [4.69, 9.17) is 0 Å². The minimum Gasteiger partial charge on any atom is -0.352 e. The van der Waals surface area contributed by atoms with Crippen LogP contribution in [0.15, 0.2) is 53.1 Å². The molecule has 1 saturated heterocycles. The zero-order valence-corrected chi connectivity index (χ0v) is 24.8. The summed E-state index contributed by atoms with van der Waals surface area (Å²) in [5, 5.41) is 3.31. The van der Waals surface area contributed by atoms with E-state index >= 15 is 8.78 Å². The fraction of sp³-hybridized carbons (Fsp3) is 0.300. The van der Waals surface area contributed by atoms with Crippen LogP contribution in [-0.4, -0.2) is 73.1 Å². The van der Waals surface area contributed by atoms with E-state index in [-0.39, 0.29) is 57.8 Å². The number of hydrogen-bond donors (Lipinski definition) is 1. The van der Waals surface area contributed by atoms with E-state index < -0.39 is 23.2 Å². The predicted molar refractivity (Wildman–Crippen MR) is 163 cm³/mol. The molecule has 5 heterocycles. The van der Waals surface area contributed by atoms with Gasteiger partial charge in [-0.1, -0.05) is 26.5 Å². The van der Waals surface area contributed by atoms with E-state index in [1.807, 2.05) is 13.8 Å². The Bertz CT molecular complexity index is 1890. The molecule has 0 unspecified atom stereocenters. The Kier molecular flexibility index (Phi) is 7.84. The maximum atomic E-state index is 16.1. The van der Waals surface area contributed by atoms with Crippen LogP contribution >= 0.6 is 11.8 Å². The molecule has 4 aromatic rings. The first-order chi connectivity index (χ1) is 21.2. The number of hydrogen-bond acceptors (Lipinski definition) is 9. The average Bonchev–Trinajstić information content (AvgIpc) is 3.01. The van der Waals surface area contributed by atoms with Crippen LogP contribution in [0, 0.1) is 11.6 Å². The summed E-state index contributed by atoms with van der Waals surface area (Å²) in [7, 11) is 0. The predicted octanol–water partition coefficient (Wildman–Crippen LogP) is 3.91. The highest BCUT2D eigenvalue weighted by atomic mass is 32.2. The van der Waals surface area contributed by atoms with Crippen LogP contribution in [0.25, 0.3) is 28.0 Å². The fourth-order valence-corrected chi connectivity index (χ4v) is 6.36. The normalized spacial score (nSPS) is 15.2. The molecule has 0 aliphatic carbocycles. The molecule has 1 aromatic carbocycles. The van der Waals surface area contributed by atoms with E-state index in [2.05, 4.69) is 31.8 Å². The molecule has 0 atom stereocenters. The minimum atomic E-state index is -0.871. The van der Waals surface area contributed by atoms with Crippen LogP contribution in [0.1, 0.15) is 31.9 Å². The third-order valence-electron chi connectivity index (χ3n) is 7.55. The van der Waals surface area contributed by atoms with E-state index in [1.165, 1.54) is 46.9 Å². The van der Waals surface area contributed by atoms with Gasteiger partial charge in [-0.15, -0.1) is 11.8 Å². The highest BCUT2D eigenvalue weighted by Crippen LogP contribution is 2.37. The molecule has 14 heteroatoms. The molecule has 6 rings (SSSR count). The number of benzene rings is 1. The Morgan fingerprint density at radius 1 is 1.09 bits per heavy atom. The van der Waals surface area contributed by atoms with Crippen LogP contribution < -0.4 is 15.9 Å². The topological polar surface area (TPSA) is 126 Å². The van der Waals surface area contributed by atoms with Crippen molar-refractivity contribution in [2.45, 2.75) is 31.2 Å². The Balaban J connectivity index is 1.68. The lowest BCUT2D eigenvalue weighted by Crippen LogP contribution is -2.49. The summed E-state index contributed by atoms with van der Waals surface area (Å²) in [4.78, 5) is 60.4. The van der Waals surface area contributed by atoms with Gasteiger partial charge in [0.25, 0.3) is 0 Å². The van der Waals surface area contributed by atoms with Gasteiger partial charge in [-0.25, -0.2) is 33.1 Å². The monoisotopic (exact) mass is 618 g/mol. The summed E-state index contributed by atoms with van der Waals surface area (Å²) in [6, 6.07) is 5.22. The SMILES string of the molecule is C=CC(=O)N1CCN(c2nc(=O)n3c4nc(c(F)cc24)-c2c(F)cccc2NC(=O)CCSc2ncnc(C(C)C)c2-3)CC1. The lowest BCUT2D eigenvalue weighted by atomic mass is 10.1. The van der Waals surface area contributed by atoms with Crippen LogP contribution in [0.3, 0.4) is 0 Å². The van der Waals surface area contributed by atoms with Gasteiger partial charge in [0.2, 0.25) is 11.8 Å². The number of nitrogens with zero attached hydrogens (tertiary/aromatic N) is 7. The number of thioether (sulfide) groups is 1. The molecule has 1 N–H and O–H groups in total. The maximum absolute atomic E-state index is 16.1. The van der Waals surface area contributed by atoms with Crippen molar-refractivity contribution in [3.8, 4) is 16.9 Å². The zero-order chi connectivity index (χ0) is 31.1. The maximum Gasteiger partial charge on any atom is 0.355 e.